The summed E-state index contributed by atoms with van der Waals surface area (Å²) >= 11 is 0. The van der Waals surface area contributed by atoms with Crippen LogP contribution in [0.4, 0.5) is 0 Å². The lowest BCUT2D eigenvalue weighted by Gasteiger charge is -2.38. The molecule has 0 saturated carbocycles. The zero-order valence-electron chi connectivity index (χ0n) is 25.8. The first kappa shape index (κ1) is 30.6. The van der Waals surface area contributed by atoms with Crippen LogP contribution in [0, 0.1) is 13.8 Å². The Morgan fingerprint density at radius 3 is 2.59 bits per heavy atom. The van der Waals surface area contributed by atoms with Crippen LogP contribution in [-0.4, -0.2) is 66.1 Å². The molecule has 2 N–H and O–H groups in total. The molecule has 1 aromatic heterocycles. The summed E-state index contributed by atoms with van der Waals surface area (Å²) in [5.74, 6) is 1.03. The van der Waals surface area contributed by atoms with Crippen LogP contribution in [0.5, 0.6) is 17.2 Å². The van der Waals surface area contributed by atoms with Crippen molar-refractivity contribution in [1.29, 1.82) is 0 Å². The molecular formula is C36H36N4O6. The zero-order chi connectivity index (χ0) is 32.0. The highest BCUT2D eigenvalue weighted by atomic mass is 16.5. The largest absolute Gasteiger partial charge is 0.488 e. The first-order chi connectivity index (χ1) is 22.3. The van der Waals surface area contributed by atoms with Gasteiger partial charge in [-0.25, -0.2) is 0 Å². The van der Waals surface area contributed by atoms with Gasteiger partial charge < -0.3 is 29.7 Å². The Morgan fingerprint density at radius 1 is 0.935 bits per heavy atom. The van der Waals surface area contributed by atoms with Crippen LogP contribution in [0.25, 0.3) is 11.1 Å². The number of fused-ring (bicyclic) bond motifs is 7. The van der Waals surface area contributed by atoms with Gasteiger partial charge in [0.2, 0.25) is 0 Å². The normalized spacial score (nSPS) is 18.3. The van der Waals surface area contributed by atoms with Crippen molar-refractivity contribution < 1.29 is 28.6 Å². The maximum absolute atomic E-state index is 13.6. The van der Waals surface area contributed by atoms with Crippen LogP contribution in [0.3, 0.4) is 0 Å². The molecule has 6 bridgehead atoms. The van der Waals surface area contributed by atoms with Crippen LogP contribution in [0.15, 0.2) is 85.2 Å². The summed E-state index contributed by atoms with van der Waals surface area (Å²) in [5, 5.41) is 5.99. The Bertz CT molecular complexity index is 1740. The van der Waals surface area contributed by atoms with Crippen molar-refractivity contribution in [3.8, 4) is 28.4 Å². The summed E-state index contributed by atoms with van der Waals surface area (Å²) in [4.78, 5) is 45.4. The van der Waals surface area contributed by atoms with E-state index in [1.54, 1.807) is 29.3 Å². The molecular weight excluding hydrogens is 584 g/mol. The molecule has 3 aromatic carbocycles. The van der Waals surface area contributed by atoms with Crippen molar-refractivity contribution >= 4 is 17.7 Å². The number of benzene rings is 3. The summed E-state index contributed by atoms with van der Waals surface area (Å²) in [6.45, 7) is 4.82. The second-order valence-electron chi connectivity index (χ2n) is 11.6. The van der Waals surface area contributed by atoms with Crippen molar-refractivity contribution in [3.05, 3.63) is 107 Å². The first-order valence-corrected chi connectivity index (χ1v) is 15.3. The molecule has 0 aliphatic carbocycles. The Balaban J connectivity index is 1.24. The second kappa shape index (κ2) is 13.7. The smallest absolute Gasteiger partial charge is 0.260 e. The number of likely N-dealkylation sites (tertiary alicyclic amines) is 1. The minimum absolute atomic E-state index is 0.110. The zero-order valence-corrected chi connectivity index (χ0v) is 25.8. The molecule has 1 saturated heterocycles. The molecule has 3 aliphatic heterocycles. The lowest BCUT2D eigenvalue weighted by molar-refractivity contribution is -0.135. The summed E-state index contributed by atoms with van der Waals surface area (Å²) < 4.78 is 17.9. The third-order valence-electron chi connectivity index (χ3n) is 8.30. The van der Waals surface area contributed by atoms with Crippen molar-refractivity contribution in [2.75, 3.05) is 26.3 Å². The van der Waals surface area contributed by atoms with Gasteiger partial charge in [-0.05, 0) is 78.6 Å². The van der Waals surface area contributed by atoms with E-state index in [2.05, 4.69) is 15.6 Å². The summed E-state index contributed by atoms with van der Waals surface area (Å²) in [6, 6.07) is 21.7. The molecule has 10 heteroatoms. The van der Waals surface area contributed by atoms with Crippen LogP contribution >= 0.6 is 0 Å². The topological polar surface area (TPSA) is 119 Å². The number of nitrogens with zero attached hydrogens (tertiary/aromatic N) is 2. The number of aryl methyl sites for hydroxylation is 2. The predicted molar refractivity (Wildman–Crippen MR) is 172 cm³/mol. The molecule has 7 rings (SSSR count). The quantitative estimate of drug-likeness (QED) is 0.352. The molecule has 10 nitrogen and oxygen atoms in total. The fourth-order valence-electron chi connectivity index (χ4n) is 5.48. The van der Waals surface area contributed by atoms with Gasteiger partial charge in [-0.15, -0.1) is 0 Å². The Morgan fingerprint density at radius 2 is 1.76 bits per heavy atom. The molecule has 236 valence electrons. The summed E-state index contributed by atoms with van der Waals surface area (Å²) in [7, 11) is 0. The number of rotatable bonds is 3. The molecule has 4 aromatic rings. The Kier molecular flexibility index (Phi) is 9.14. The maximum atomic E-state index is 13.6. The molecule has 4 heterocycles. The molecule has 0 radical (unpaired) electrons. The van der Waals surface area contributed by atoms with Crippen molar-refractivity contribution in [1.82, 2.24) is 20.5 Å². The standard InChI is InChI=1S/C36H36N4O6/c1-23-6-9-31(14-24(23)2)45-22-35(42)40-13-12-33-32(20-40)39-36(43)28-15-27(18-37-19-28)26-4-3-5-30(16-26)44-21-34(41)38-17-25-7-10-29(46-33)11-8-25/h3-11,14-16,18-19,32-33H,12-13,17,20-22H2,1-2H3,(H,38,41)(H,39,43)/t32-,33+/m1/s1. The highest BCUT2D eigenvalue weighted by molar-refractivity contribution is 5.95. The fourth-order valence-corrected chi connectivity index (χ4v) is 5.48. The molecule has 0 unspecified atom stereocenters. The van der Waals surface area contributed by atoms with E-state index in [0.717, 1.165) is 22.3 Å². The number of carbonyl (C=O) groups excluding carboxylic acids is 3. The summed E-state index contributed by atoms with van der Waals surface area (Å²) in [6.07, 6.45) is 3.28. The highest BCUT2D eigenvalue weighted by Crippen LogP contribution is 2.25. The van der Waals surface area contributed by atoms with Crippen LogP contribution in [-0.2, 0) is 16.1 Å². The van der Waals surface area contributed by atoms with E-state index in [4.69, 9.17) is 14.2 Å². The lowest BCUT2D eigenvalue weighted by atomic mass is 10.0. The third-order valence-corrected chi connectivity index (χ3v) is 8.30. The highest BCUT2D eigenvalue weighted by Gasteiger charge is 2.34. The average molecular weight is 621 g/mol. The molecule has 0 spiro atoms. The van der Waals surface area contributed by atoms with E-state index >= 15 is 0 Å². The van der Waals surface area contributed by atoms with Crippen molar-refractivity contribution in [2.24, 2.45) is 0 Å². The monoisotopic (exact) mass is 620 g/mol. The second-order valence-corrected chi connectivity index (χ2v) is 11.6. The van der Waals surface area contributed by atoms with Gasteiger partial charge in [0.05, 0.1) is 11.6 Å². The van der Waals surface area contributed by atoms with Gasteiger partial charge in [0.1, 0.15) is 23.4 Å². The van der Waals surface area contributed by atoms with Gasteiger partial charge in [-0.1, -0.05) is 30.3 Å². The maximum Gasteiger partial charge on any atom is 0.260 e. The number of hydrogen-bond acceptors (Lipinski definition) is 7. The van der Waals surface area contributed by atoms with E-state index < -0.39 is 12.1 Å². The van der Waals surface area contributed by atoms with Crippen molar-refractivity contribution in [3.63, 3.8) is 0 Å². The van der Waals surface area contributed by atoms with E-state index in [1.165, 1.54) is 6.20 Å². The van der Waals surface area contributed by atoms with Crippen LogP contribution in [0.2, 0.25) is 0 Å². The molecule has 2 atom stereocenters. The van der Waals surface area contributed by atoms with E-state index in [1.807, 2.05) is 68.4 Å². The lowest BCUT2D eigenvalue weighted by Crippen LogP contribution is -2.58. The van der Waals surface area contributed by atoms with Gasteiger partial charge >= 0.3 is 0 Å². The van der Waals surface area contributed by atoms with Gasteiger partial charge in [0.15, 0.2) is 13.2 Å². The fraction of sp³-hybridized carbons (Fsp3) is 0.278. The number of aromatic nitrogens is 1. The van der Waals surface area contributed by atoms with Gasteiger partial charge in [-0.3, -0.25) is 19.4 Å². The average Bonchev–Trinajstić information content (AvgIpc) is 3.08. The molecule has 46 heavy (non-hydrogen) atoms. The summed E-state index contributed by atoms with van der Waals surface area (Å²) in [5.41, 5.74) is 5.01. The minimum Gasteiger partial charge on any atom is -0.488 e. The van der Waals surface area contributed by atoms with E-state index in [-0.39, 0.29) is 37.5 Å². The predicted octanol–water partition coefficient (Wildman–Crippen LogP) is 4.23. The SMILES string of the molecule is Cc1ccc(OCC(=O)N2CC[C@@H]3Oc4ccc(cc4)CNC(=O)COc4cccc(c4)-c4cncc(c4)C(=O)N[C@@H]3C2)cc1C. The van der Waals surface area contributed by atoms with Crippen LogP contribution in [0.1, 0.15) is 33.5 Å². The molecule has 1 fully saturated rings. The van der Waals surface area contributed by atoms with E-state index in [0.29, 0.717) is 47.9 Å². The van der Waals surface area contributed by atoms with Crippen molar-refractivity contribution in [2.45, 2.75) is 39.0 Å². The third kappa shape index (κ3) is 7.46. The van der Waals surface area contributed by atoms with Gasteiger partial charge in [0.25, 0.3) is 17.7 Å². The number of carbonyl (C=O) groups is 3. The number of hydrogen-bond donors (Lipinski definition) is 2. The minimum atomic E-state index is -0.503. The number of ether oxygens (including phenoxy) is 3. The number of amides is 3. The first-order valence-electron chi connectivity index (χ1n) is 15.3. The van der Waals surface area contributed by atoms with Gasteiger partial charge in [0, 0.05) is 44.0 Å². The molecule has 3 amide bonds. The molecule has 3 aliphatic rings. The number of piperidine rings is 1. The number of nitrogens with one attached hydrogen (secondary N) is 2. The number of pyridine rings is 1. The Hall–Kier alpha value is -5.38. The Labute approximate surface area is 267 Å². The van der Waals surface area contributed by atoms with Gasteiger partial charge in [-0.2, -0.15) is 0 Å². The van der Waals surface area contributed by atoms with Crippen LogP contribution < -0.4 is 24.8 Å². The van der Waals surface area contributed by atoms with E-state index in [9.17, 15) is 14.4 Å².